The van der Waals surface area contributed by atoms with E-state index in [0.717, 1.165) is 21.5 Å². The van der Waals surface area contributed by atoms with Gasteiger partial charge in [-0.15, -0.1) is 0 Å². The Hall–Kier alpha value is -1.88. The van der Waals surface area contributed by atoms with Crippen molar-refractivity contribution in [2.75, 3.05) is 0 Å². The summed E-state index contributed by atoms with van der Waals surface area (Å²) in [4.78, 5) is 11.8. The molecule has 2 heterocycles. The summed E-state index contributed by atoms with van der Waals surface area (Å²) >= 11 is 3.41. The normalized spacial score (nSPS) is 18.2. The molecule has 1 amide bonds. The first-order chi connectivity index (χ1) is 9.65. The van der Waals surface area contributed by atoms with Gasteiger partial charge in [0.05, 0.1) is 12.0 Å². The molecule has 1 atom stereocenters. The number of carbonyl (C=O) groups is 1. The lowest BCUT2D eigenvalue weighted by Gasteiger charge is -2.17. The van der Waals surface area contributed by atoms with Crippen LogP contribution in [0.4, 0.5) is 0 Å². The third kappa shape index (κ3) is 2.41. The Morgan fingerprint density at radius 3 is 2.70 bits per heavy atom. The quantitative estimate of drug-likeness (QED) is 0.840. The number of hydrazone groups is 1. The molecule has 1 aliphatic rings. The Bertz CT molecular complexity index is 647. The number of benzene rings is 1. The molecule has 20 heavy (non-hydrogen) atoms. The molecule has 0 fully saturated rings. The van der Waals surface area contributed by atoms with Crippen LogP contribution in [0.5, 0.6) is 0 Å². The van der Waals surface area contributed by atoms with Crippen LogP contribution in [0.2, 0.25) is 0 Å². The highest BCUT2D eigenvalue weighted by Crippen LogP contribution is 2.33. The molecule has 1 aromatic carbocycles. The number of rotatable bonds is 2. The standard InChI is InChI=1S/C15H13BrN2O2/c1-10(19)18-14(15-3-2-8-20-15)9-13(17-18)11-4-6-12(16)7-5-11/h2-8,14H,9H2,1H3/t14-/m1/s1. The van der Waals surface area contributed by atoms with E-state index in [2.05, 4.69) is 21.0 Å². The fourth-order valence-corrected chi connectivity index (χ4v) is 2.58. The Kier molecular flexibility index (Phi) is 3.44. The lowest BCUT2D eigenvalue weighted by molar-refractivity contribution is -0.130. The van der Waals surface area contributed by atoms with Gasteiger partial charge in [-0.05, 0) is 29.8 Å². The van der Waals surface area contributed by atoms with Gasteiger partial charge in [0.2, 0.25) is 5.91 Å². The van der Waals surface area contributed by atoms with E-state index >= 15 is 0 Å². The predicted molar refractivity (Wildman–Crippen MR) is 79.3 cm³/mol. The van der Waals surface area contributed by atoms with Gasteiger partial charge in [-0.2, -0.15) is 5.10 Å². The summed E-state index contributed by atoms with van der Waals surface area (Å²) in [5, 5.41) is 5.95. The van der Waals surface area contributed by atoms with Crippen LogP contribution in [-0.2, 0) is 4.79 Å². The van der Waals surface area contributed by atoms with E-state index in [0.29, 0.717) is 6.42 Å². The second-order valence-corrected chi connectivity index (χ2v) is 5.57. The highest BCUT2D eigenvalue weighted by atomic mass is 79.9. The summed E-state index contributed by atoms with van der Waals surface area (Å²) in [6.07, 6.45) is 2.28. The SMILES string of the molecule is CC(=O)N1N=C(c2ccc(Br)cc2)C[C@@H]1c1ccco1. The third-order valence-electron chi connectivity index (χ3n) is 3.28. The Labute approximate surface area is 125 Å². The van der Waals surface area contributed by atoms with Crippen LogP contribution in [-0.4, -0.2) is 16.6 Å². The highest BCUT2D eigenvalue weighted by Gasteiger charge is 2.33. The van der Waals surface area contributed by atoms with Gasteiger partial charge in [0, 0.05) is 17.8 Å². The molecule has 0 saturated heterocycles. The Morgan fingerprint density at radius 1 is 1.35 bits per heavy atom. The number of furan rings is 1. The van der Waals surface area contributed by atoms with Crippen molar-refractivity contribution in [1.29, 1.82) is 0 Å². The molecule has 0 bridgehead atoms. The van der Waals surface area contributed by atoms with Crippen LogP contribution < -0.4 is 0 Å². The fraction of sp³-hybridized carbons (Fsp3) is 0.200. The number of hydrogen-bond acceptors (Lipinski definition) is 3. The van der Waals surface area contributed by atoms with E-state index in [-0.39, 0.29) is 11.9 Å². The van der Waals surface area contributed by atoms with Crippen molar-refractivity contribution in [3.63, 3.8) is 0 Å². The first kappa shape index (κ1) is 13.1. The number of hydrogen-bond donors (Lipinski definition) is 0. The van der Waals surface area contributed by atoms with Crippen LogP contribution in [0.15, 0.2) is 56.7 Å². The van der Waals surface area contributed by atoms with Crippen LogP contribution in [0, 0.1) is 0 Å². The smallest absolute Gasteiger partial charge is 0.240 e. The van der Waals surface area contributed by atoms with Gasteiger partial charge in [-0.25, -0.2) is 5.01 Å². The molecular formula is C15H13BrN2O2. The average molecular weight is 333 g/mol. The maximum atomic E-state index is 11.8. The summed E-state index contributed by atoms with van der Waals surface area (Å²) in [6.45, 7) is 1.52. The van der Waals surface area contributed by atoms with Gasteiger partial charge in [0.1, 0.15) is 11.8 Å². The average Bonchev–Trinajstić information content (AvgIpc) is 3.08. The minimum Gasteiger partial charge on any atom is -0.467 e. The van der Waals surface area contributed by atoms with Crippen molar-refractivity contribution in [3.05, 3.63) is 58.5 Å². The van der Waals surface area contributed by atoms with E-state index in [1.54, 1.807) is 6.26 Å². The van der Waals surface area contributed by atoms with Crippen molar-refractivity contribution < 1.29 is 9.21 Å². The molecule has 0 N–H and O–H groups in total. The zero-order valence-corrected chi connectivity index (χ0v) is 12.5. The van der Waals surface area contributed by atoms with Gasteiger partial charge in [-0.3, -0.25) is 4.79 Å². The molecule has 1 aromatic heterocycles. The minimum atomic E-state index is -0.152. The van der Waals surface area contributed by atoms with Crippen molar-refractivity contribution in [3.8, 4) is 0 Å². The molecule has 5 heteroatoms. The molecule has 3 rings (SSSR count). The molecule has 0 spiro atoms. The number of nitrogens with zero attached hydrogens (tertiary/aromatic N) is 2. The van der Waals surface area contributed by atoms with Crippen molar-refractivity contribution in [2.24, 2.45) is 5.10 Å². The summed E-state index contributed by atoms with van der Waals surface area (Å²) in [5.74, 6) is 0.676. The number of amides is 1. The summed E-state index contributed by atoms with van der Waals surface area (Å²) in [6, 6.07) is 11.5. The topological polar surface area (TPSA) is 45.8 Å². The maximum Gasteiger partial charge on any atom is 0.240 e. The van der Waals surface area contributed by atoms with Crippen LogP contribution in [0.25, 0.3) is 0 Å². The molecule has 0 saturated carbocycles. The van der Waals surface area contributed by atoms with E-state index in [9.17, 15) is 4.79 Å². The predicted octanol–water partition coefficient (Wildman–Crippen LogP) is 3.74. The number of carbonyl (C=O) groups excluding carboxylic acids is 1. The largest absolute Gasteiger partial charge is 0.467 e. The van der Waals surface area contributed by atoms with Gasteiger partial charge in [0.15, 0.2) is 0 Å². The molecule has 2 aromatic rings. The van der Waals surface area contributed by atoms with E-state index in [1.165, 1.54) is 11.9 Å². The number of halogens is 1. The first-order valence-electron chi connectivity index (χ1n) is 6.32. The minimum absolute atomic E-state index is 0.0847. The highest BCUT2D eigenvalue weighted by molar-refractivity contribution is 9.10. The lowest BCUT2D eigenvalue weighted by Crippen LogP contribution is -2.23. The van der Waals surface area contributed by atoms with Crippen molar-refractivity contribution in [1.82, 2.24) is 5.01 Å². The zero-order chi connectivity index (χ0) is 14.1. The third-order valence-corrected chi connectivity index (χ3v) is 3.81. The lowest BCUT2D eigenvalue weighted by atomic mass is 10.0. The molecule has 1 aliphatic heterocycles. The van der Waals surface area contributed by atoms with E-state index < -0.39 is 0 Å². The van der Waals surface area contributed by atoms with E-state index in [4.69, 9.17) is 4.42 Å². The van der Waals surface area contributed by atoms with Gasteiger partial charge in [-0.1, -0.05) is 28.1 Å². The summed E-state index contributed by atoms with van der Waals surface area (Å²) in [7, 11) is 0. The first-order valence-corrected chi connectivity index (χ1v) is 7.11. The maximum absolute atomic E-state index is 11.8. The molecule has 4 nitrogen and oxygen atoms in total. The summed E-state index contributed by atoms with van der Waals surface area (Å²) in [5.41, 5.74) is 1.92. The summed E-state index contributed by atoms with van der Waals surface area (Å²) < 4.78 is 6.45. The van der Waals surface area contributed by atoms with Gasteiger partial charge < -0.3 is 4.42 Å². The Balaban J connectivity index is 1.92. The molecular weight excluding hydrogens is 320 g/mol. The van der Waals surface area contributed by atoms with Crippen molar-refractivity contribution in [2.45, 2.75) is 19.4 Å². The fourth-order valence-electron chi connectivity index (χ4n) is 2.32. The Morgan fingerprint density at radius 2 is 2.10 bits per heavy atom. The van der Waals surface area contributed by atoms with Crippen LogP contribution >= 0.6 is 15.9 Å². The molecule has 0 aliphatic carbocycles. The molecule has 0 radical (unpaired) electrons. The second kappa shape index (κ2) is 5.25. The van der Waals surface area contributed by atoms with Crippen LogP contribution in [0.3, 0.4) is 0 Å². The van der Waals surface area contributed by atoms with E-state index in [1.807, 2.05) is 36.4 Å². The second-order valence-electron chi connectivity index (χ2n) is 4.65. The molecule has 0 unspecified atom stereocenters. The van der Waals surface area contributed by atoms with Gasteiger partial charge >= 0.3 is 0 Å². The zero-order valence-electron chi connectivity index (χ0n) is 10.9. The monoisotopic (exact) mass is 332 g/mol. The van der Waals surface area contributed by atoms with Crippen molar-refractivity contribution >= 4 is 27.5 Å². The van der Waals surface area contributed by atoms with Gasteiger partial charge in [0.25, 0.3) is 0 Å². The molecule has 102 valence electrons. The van der Waals surface area contributed by atoms with Crippen LogP contribution in [0.1, 0.15) is 30.7 Å².